The van der Waals surface area contributed by atoms with E-state index in [1.165, 1.54) is 0 Å². The van der Waals surface area contributed by atoms with E-state index < -0.39 is 0 Å². The Hall–Kier alpha value is -1.40. The molecule has 1 N–H and O–H groups in total. The molecule has 6 heteroatoms. The van der Waals surface area contributed by atoms with Crippen LogP contribution in [0.1, 0.15) is 27.7 Å². The number of nitrogens with zero attached hydrogens (tertiary/aromatic N) is 4. The van der Waals surface area contributed by atoms with Crippen molar-refractivity contribution in [3.63, 3.8) is 0 Å². The molecule has 0 aliphatic heterocycles. The van der Waals surface area contributed by atoms with Crippen molar-refractivity contribution in [2.75, 3.05) is 12.3 Å². The maximum absolute atomic E-state index is 4.12. The standard InChI is InChI=1S/C15H23N5S/c1-12(10-16-15(2,3)4)11-21-14-17-18-19-20(14)13-8-6-5-7-9-13/h5-9,12,16H,10-11H2,1-4H3. The van der Waals surface area contributed by atoms with Crippen LogP contribution in [0.15, 0.2) is 35.5 Å². The Kier molecular flexibility index (Phi) is 5.36. The van der Waals surface area contributed by atoms with Gasteiger partial charge in [-0.05, 0) is 55.8 Å². The van der Waals surface area contributed by atoms with Crippen LogP contribution in [0.3, 0.4) is 0 Å². The third kappa shape index (κ3) is 5.13. The van der Waals surface area contributed by atoms with Gasteiger partial charge in [0.2, 0.25) is 5.16 Å². The van der Waals surface area contributed by atoms with Gasteiger partial charge in [0.25, 0.3) is 0 Å². The summed E-state index contributed by atoms with van der Waals surface area (Å²) in [6, 6.07) is 9.97. The molecule has 0 radical (unpaired) electrons. The summed E-state index contributed by atoms with van der Waals surface area (Å²) in [4.78, 5) is 0. The van der Waals surface area contributed by atoms with Crippen LogP contribution in [0.2, 0.25) is 0 Å². The van der Waals surface area contributed by atoms with Crippen LogP contribution in [0.25, 0.3) is 5.69 Å². The second kappa shape index (κ2) is 7.04. The van der Waals surface area contributed by atoms with Crippen molar-refractivity contribution in [2.24, 2.45) is 5.92 Å². The Morgan fingerprint density at radius 2 is 1.95 bits per heavy atom. The summed E-state index contributed by atoms with van der Waals surface area (Å²) < 4.78 is 1.79. The molecule has 0 amide bonds. The molecule has 0 bridgehead atoms. The molecule has 0 aliphatic rings. The van der Waals surface area contributed by atoms with Crippen molar-refractivity contribution < 1.29 is 0 Å². The summed E-state index contributed by atoms with van der Waals surface area (Å²) in [6.45, 7) is 9.78. The van der Waals surface area contributed by atoms with Gasteiger partial charge in [-0.1, -0.05) is 36.9 Å². The maximum atomic E-state index is 4.12. The van der Waals surface area contributed by atoms with Gasteiger partial charge in [-0.15, -0.1) is 5.10 Å². The SMILES string of the molecule is CC(CNC(C)(C)C)CSc1nnnn1-c1ccccc1. The third-order valence-corrected chi connectivity index (χ3v) is 4.17. The lowest BCUT2D eigenvalue weighted by Gasteiger charge is -2.23. The van der Waals surface area contributed by atoms with E-state index in [9.17, 15) is 0 Å². The number of thioether (sulfide) groups is 1. The first-order valence-corrected chi connectivity index (χ1v) is 8.16. The quantitative estimate of drug-likeness (QED) is 0.832. The van der Waals surface area contributed by atoms with E-state index in [0.717, 1.165) is 23.1 Å². The molecule has 0 saturated carbocycles. The third-order valence-electron chi connectivity index (χ3n) is 2.92. The summed E-state index contributed by atoms with van der Waals surface area (Å²) >= 11 is 1.69. The van der Waals surface area contributed by atoms with Crippen LogP contribution in [0.5, 0.6) is 0 Å². The first-order chi connectivity index (χ1) is 9.96. The molecule has 1 atom stereocenters. The zero-order chi connectivity index (χ0) is 15.3. The van der Waals surface area contributed by atoms with Crippen molar-refractivity contribution >= 4 is 11.8 Å². The van der Waals surface area contributed by atoms with E-state index >= 15 is 0 Å². The van der Waals surface area contributed by atoms with Gasteiger partial charge in [0.1, 0.15) is 0 Å². The highest BCUT2D eigenvalue weighted by molar-refractivity contribution is 7.99. The minimum absolute atomic E-state index is 0.157. The Labute approximate surface area is 130 Å². The Bertz CT molecular complexity index is 547. The Balaban J connectivity index is 1.91. The summed E-state index contributed by atoms with van der Waals surface area (Å²) in [5, 5.41) is 16.3. The van der Waals surface area contributed by atoms with Gasteiger partial charge in [0.15, 0.2) is 0 Å². The lowest BCUT2D eigenvalue weighted by molar-refractivity contribution is 0.395. The summed E-state index contributed by atoms with van der Waals surface area (Å²) in [7, 11) is 0. The van der Waals surface area contributed by atoms with Crippen LogP contribution < -0.4 is 5.32 Å². The van der Waals surface area contributed by atoms with Crippen molar-refractivity contribution in [1.82, 2.24) is 25.5 Å². The van der Waals surface area contributed by atoms with Gasteiger partial charge in [0.05, 0.1) is 5.69 Å². The highest BCUT2D eigenvalue weighted by Gasteiger charge is 2.14. The topological polar surface area (TPSA) is 55.6 Å². The molecule has 114 valence electrons. The minimum Gasteiger partial charge on any atom is -0.312 e. The predicted octanol–water partition coefficient (Wildman–Crippen LogP) is 2.78. The average molecular weight is 305 g/mol. The van der Waals surface area contributed by atoms with Gasteiger partial charge in [-0.3, -0.25) is 0 Å². The Morgan fingerprint density at radius 1 is 1.24 bits per heavy atom. The number of para-hydroxylation sites is 1. The zero-order valence-corrected chi connectivity index (χ0v) is 13.9. The maximum Gasteiger partial charge on any atom is 0.214 e. The summed E-state index contributed by atoms with van der Waals surface area (Å²) in [5.41, 5.74) is 1.15. The fraction of sp³-hybridized carbons (Fsp3) is 0.533. The second-order valence-corrected chi connectivity index (χ2v) is 7.24. The number of rotatable bonds is 6. The average Bonchev–Trinajstić information content (AvgIpc) is 2.91. The monoisotopic (exact) mass is 305 g/mol. The first-order valence-electron chi connectivity index (χ1n) is 7.17. The lowest BCUT2D eigenvalue weighted by atomic mass is 10.1. The van der Waals surface area contributed by atoms with Crippen LogP contribution >= 0.6 is 11.8 Å². The molecule has 1 heterocycles. The first kappa shape index (κ1) is 16.0. The van der Waals surface area contributed by atoms with E-state index in [1.54, 1.807) is 16.4 Å². The lowest BCUT2D eigenvalue weighted by Crippen LogP contribution is -2.39. The van der Waals surface area contributed by atoms with Gasteiger partial charge >= 0.3 is 0 Å². The number of hydrogen-bond donors (Lipinski definition) is 1. The van der Waals surface area contributed by atoms with E-state index in [-0.39, 0.29) is 5.54 Å². The van der Waals surface area contributed by atoms with E-state index in [2.05, 4.69) is 48.5 Å². The molecule has 21 heavy (non-hydrogen) atoms. The number of tetrazole rings is 1. The number of aromatic nitrogens is 4. The fourth-order valence-corrected chi connectivity index (χ4v) is 2.67. The molecule has 1 aromatic carbocycles. The number of hydrogen-bond acceptors (Lipinski definition) is 5. The van der Waals surface area contributed by atoms with Gasteiger partial charge < -0.3 is 5.32 Å². The predicted molar refractivity (Wildman–Crippen MR) is 86.8 cm³/mol. The number of benzene rings is 1. The van der Waals surface area contributed by atoms with Crippen LogP contribution in [-0.2, 0) is 0 Å². The Morgan fingerprint density at radius 3 is 2.62 bits per heavy atom. The van der Waals surface area contributed by atoms with Crippen molar-refractivity contribution in [2.45, 2.75) is 38.4 Å². The van der Waals surface area contributed by atoms with E-state index in [1.807, 2.05) is 30.3 Å². The van der Waals surface area contributed by atoms with Crippen LogP contribution in [0.4, 0.5) is 0 Å². The molecule has 1 aromatic heterocycles. The smallest absolute Gasteiger partial charge is 0.214 e. The molecule has 0 aliphatic carbocycles. The molecular formula is C15H23N5S. The molecule has 0 fully saturated rings. The number of nitrogens with one attached hydrogen (secondary N) is 1. The van der Waals surface area contributed by atoms with Crippen molar-refractivity contribution in [1.29, 1.82) is 0 Å². The minimum atomic E-state index is 0.157. The molecular weight excluding hydrogens is 282 g/mol. The van der Waals surface area contributed by atoms with Gasteiger partial charge in [0, 0.05) is 11.3 Å². The molecule has 2 rings (SSSR count). The van der Waals surface area contributed by atoms with Crippen LogP contribution in [0, 0.1) is 5.92 Å². The highest BCUT2D eigenvalue weighted by atomic mass is 32.2. The second-order valence-electron chi connectivity index (χ2n) is 6.26. The molecule has 1 unspecified atom stereocenters. The van der Waals surface area contributed by atoms with Crippen molar-refractivity contribution in [3.05, 3.63) is 30.3 Å². The molecule has 5 nitrogen and oxygen atoms in total. The highest BCUT2D eigenvalue weighted by Crippen LogP contribution is 2.20. The zero-order valence-electron chi connectivity index (χ0n) is 13.1. The normalized spacial score (nSPS) is 13.3. The van der Waals surface area contributed by atoms with Crippen molar-refractivity contribution in [3.8, 4) is 5.69 Å². The van der Waals surface area contributed by atoms with E-state index in [4.69, 9.17) is 0 Å². The van der Waals surface area contributed by atoms with Crippen LogP contribution in [-0.4, -0.2) is 38.0 Å². The van der Waals surface area contributed by atoms with E-state index in [0.29, 0.717) is 5.92 Å². The summed E-state index contributed by atoms with van der Waals surface area (Å²) in [6.07, 6.45) is 0. The largest absolute Gasteiger partial charge is 0.312 e. The molecule has 0 spiro atoms. The fourth-order valence-electron chi connectivity index (χ4n) is 1.76. The van der Waals surface area contributed by atoms with Gasteiger partial charge in [-0.2, -0.15) is 4.68 Å². The molecule has 2 aromatic rings. The summed E-state index contributed by atoms with van der Waals surface area (Å²) in [5.74, 6) is 1.53. The molecule has 0 saturated heterocycles. The van der Waals surface area contributed by atoms with Gasteiger partial charge in [-0.25, -0.2) is 0 Å².